The van der Waals surface area contributed by atoms with Crippen molar-refractivity contribution >= 4 is 5.91 Å². The van der Waals surface area contributed by atoms with Gasteiger partial charge in [-0.05, 0) is 57.8 Å². The number of carbonyl (C=O) groups excluding carboxylic acids is 1. The third-order valence-electron chi connectivity index (χ3n) is 16.1. The molecular weight excluding hydrogens is 983 g/mol. The van der Waals surface area contributed by atoms with Gasteiger partial charge < -0.3 is 40.3 Å². The number of rotatable bonds is 59. The third kappa shape index (κ3) is 48.0. The zero-order valence-corrected chi connectivity index (χ0v) is 51.6. The van der Waals surface area contributed by atoms with Gasteiger partial charge in [-0.15, -0.1) is 0 Å². The van der Waals surface area contributed by atoms with Crippen LogP contribution in [0.4, 0.5) is 0 Å². The van der Waals surface area contributed by atoms with Crippen LogP contribution in [0.25, 0.3) is 0 Å². The van der Waals surface area contributed by atoms with E-state index in [1.807, 2.05) is 0 Å². The van der Waals surface area contributed by atoms with Gasteiger partial charge in [-0.2, -0.15) is 0 Å². The first-order chi connectivity index (χ1) is 38.8. The van der Waals surface area contributed by atoms with Gasteiger partial charge in [-0.1, -0.05) is 319 Å². The van der Waals surface area contributed by atoms with Crippen LogP contribution in [0.5, 0.6) is 0 Å². The van der Waals surface area contributed by atoms with Crippen molar-refractivity contribution in [1.29, 1.82) is 0 Å². The molecule has 0 spiro atoms. The summed E-state index contributed by atoms with van der Waals surface area (Å²) in [5, 5.41) is 54.8. The maximum absolute atomic E-state index is 13.1. The Bertz CT molecular complexity index is 1430. The van der Waals surface area contributed by atoms with Gasteiger partial charge >= 0.3 is 0 Å². The van der Waals surface area contributed by atoms with Crippen LogP contribution < -0.4 is 5.32 Å². The predicted octanol–water partition coefficient (Wildman–Crippen LogP) is 18.2. The maximum atomic E-state index is 13.1. The monoisotopic (exact) mass is 1110 g/mol. The zero-order valence-electron chi connectivity index (χ0n) is 51.6. The second kappa shape index (κ2) is 59.1. The molecule has 462 valence electrons. The molecule has 0 aromatic heterocycles. The fourth-order valence-corrected chi connectivity index (χ4v) is 10.8. The average molecular weight is 1110 g/mol. The molecule has 79 heavy (non-hydrogen) atoms. The minimum Gasteiger partial charge on any atom is -0.394 e. The number of amides is 1. The number of unbranched alkanes of at least 4 members (excludes halogenated alkanes) is 39. The normalized spacial score (nSPS) is 18.9. The molecule has 6 N–H and O–H groups in total. The van der Waals surface area contributed by atoms with Crippen molar-refractivity contribution in [2.45, 2.75) is 365 Å². The topological polar surface area (TPSA) is 149 Å². The lowest BCUT2D eigenvalue weighted by Gasteiger charge is -2.40. The first kappa shape index (κ1) is 74.9. The number of aliphatic hydroxyl groups is 5. The van der Waals surface area contributed by atoms with Crippen LogP contribution in [-0.2, 0) is 14.3 Å². The number of nitrogens with one attached hydrogen (secondary N) is 1. The second-order valence-corrected chi connectivity index (χ2v) is 23.6. The van der Waals surface area contributed by atoms with Crippen molar-refractivity contribution in [3.05, 3.63) is 60.8 Å². The highest BCUT2D eigenvalue weighted by Crippen LogP contribution is 2.24. The summed E-state index contributed by atoms with van der Waals surface area (Å²) in [4.78, 5) is 13.1. The van der Waals surface area contributed by atoms with Gasteiger partial charge in [-0.3, -0.25) is 4.79 Å². The van der Waals surface area contributed by atoms with Gasteiger partial charge in [-0.25, -0.2) is 0 Å². The summed E-state index contributed by atoms with van der Waals surface area (Å²) in [5.74, 6) is -0.139. The summed E-state index contributed by atoms with van der Waals surface area (Å²) < 4.78 is 11.3. The molecule has 0 aliphatic carbocycles. The third-order valence-corrected chi connectivity index (χ3v) is 16.1. The lowest BCUT2D eigenvalue weighted by molar-refractivity contribution is -0.302. The average Bonchev–Trinajstić information content (AvgIpc) is 3.46. The van der Waals surface area contributed by atoms with Crippen molar-refractivity contribution < 1.29 is 39.8 Å². The van der Waals surface area contributed by atoms with E-state index < -0.39 is 49.5 Å². The molecule has 0 saturated carbocycles. The molecule has 9 heteroatoms. The van der Waals surface area contributed by atoms with Crippen LogP contribution in [0.15, 0.2) is 60.8 Å². The molecule has 9 nitrogen and oxygen atoms in total. The largest absolute Gasteiger partial charge is 0.394 e. The lowest BCUT2D eigenvalue weighted by Crippen LogP contribution is -2.60. The molecule has 1 saturated heterocycles. The van der Waals surface area contributed by atoms with Crippen LogP contribution >= 0.6 is 0 Å². The molecule has 0 bridgehead atoms. The SMILES string of the molecule is CC/C=C\C/C=C\C/C=C\C/C=C\C/C=C\CCCCCCCCCCCCCCCCCCCCCCCCCCCC(=O)NC(COC1OC(CO)C(O)C(O)C1O)C(O)CCCCCCCCCCCCCCCCC. The van der Waals surface area contributed by atoms with Crippen LogP contribution in [0, 0.1) is 0 Å². The number of allylic oxidation sites excluding steroid dienone is 10. The van der Waals surface area contributed by atoms with Crippen molar-refractivity contribution in [3.63, 3.8) is 0 Å². The number of hydrogen-bond acceptors (Lipinski definition) is 8. The molecule has 1 heterocycles. The molecule has 1 aliphatic rings. The number of ether oxygens (including phenoxy) is 2. The molecule has 1 amide bonds. The highest BCUT2D eigenvalue weighted by atomic mass is 16.7. The summed E-state index contributed by atoms with van der Waals surface area (Å²) in [5.41, 5.74) is 0. The van der Waals surface area contributed by atoms with E-state index >= 15 is 0 Å². The van der Waals surface area contributed by atoms with E-state index in [2.05, 4.69) is 79.9 Å². The summed E-state index contributed by atoms with van der Waals surface area (Å²) in [6.45, 7) is 3.75. The number of hydrogen-bond donors (Lipinski definition) is 6. The quantitative estimate of drug-likeness (QED) is 0.0261. The Hall–Kier alpha value is -2.11. The highest BCUT2D eigenvalue weighted by Gasteiger charge is 2.44. The maximum Gasteiger partial charge on any atom is 0.220 e. The van der Waals surface area contributed by atoms with Crippen LogP contribution in [-0.4, -0.2) is 87.5 Å². The van der Waals surface area contributed by atoms with Crippen molar-refractivity contribution in [2.75, 3.05) is 13.2 Å². The zero-order chi connectivity index (χ0) is 57.2. The highest BCUT2D eigenvalue weighted by molar-refractivity contribution is 5.76. The number of aliphatic hydroxyl groups excluding tert-OH is 5. The van der Waals surface area contributed by atoms with E-state index in [9.17, 15) is 30.3 Å². The first-order valence-electron chi connectivity index (χ1n) is 34.0. The lowest BCUT2D eigenvalue weighted by atomic mass is 9.99. The molecule has 0 aromatic rings. The van der Waals surface area contributed by atoms with Gasteiger partial charge in [0, 0.05) is 6.42 Å². The molecule has 0 radical (unpaired) electrons. The minimum absolute atomic E-state index is 0.134. The molecule has 1 rings (SSSR count). The summed E-state index contributed by atoms with van der Waals surface area (Å²) in [7, 11) is 0. The van der Waals surface area contributed by atoms with Gasteiger partial charge in [0.1, 0.15) is 24.4 Å². The Morgan fingerprint density at radius 3 is 1.16 bits per heavy atom. The minimum atomic E-state index is -1.55. The molecule has 7 atom stereocenters. The summed E-state index contributed by atoms with van der Waals surface area (Å²) >= 11 is 0. The molecular formula is C70H129NO8. The summed E-state index contributed by atoms with van der Waals surface area (Å²) in [6, 6.07) is -0.718. The van der Waals surface area contributed by atoms with Crippen molar-refractivity contribution in [3.8, 4) is 0 Å². The fourth-order valence-electron chi connectivity index (χ4n) is 10.8. The van der Waals surface area contributed by atoms with E-state index in [0.29, 0.717) is 12.8 Å². The van der Waals surface area contributed by atoms with Crippen LogP contribution in [0.3, 0.4) is 0 Å². The summed E-state index contributed by atoms with van der Waals surface area (Å²) in [6.07, 6.45) is 74.4. The first-order valence-corrected chi connectivity index (χ1v) is 34.0. The van der Waals surface area contributed by atoms with Crippen LogP contribution in [0.2, 0.25) is 0 Å². The van der Waals surface area contributed by atoms with Crippen molar-refractivity contribution in [1.82, 2.24) is 5.32 Å². The van der Waals surface area contributed by atoms with E-state index in [1.54, 1.807) is 0 Å². The Morgan fingerprint density at radius 2 is 0.785 bits per heavy atom. The second-order valence-electron chi connectivity index (χ2n) is 23.6. The Labute approximate surface area is 487 Å². The van der Waals surface area contributed by atoms with Gasteiger partial charge in [0.15, 0.2) is 6.29 Å². The Kier molecular flexibility index (Phi) is 56.0. The van der Waals surface area contributed by atoms with E-state index in [1.165, 1.54) is 225 Å². The predicted molar refractivity (Wildman–Crippen MR) is 336 cm³/mol. The molecule has 1 aliphatic heterocycles. The Balaban J connectivity index is 2.02. The molecule has 0 aromatic carbocycles. The molecule has 7 unspecified atom stereocenters. The van der Waals surface area contributed by atoms with Crippen LogP contribution in [0.1, 0.15) is 322 Å². The van der Waals surface area contributed by atoms with E-state index in [-0.39, 0.29) is 12.5 Å². The standard InChI is InChI=1S/C70H129NO8/c1-3-5-7-9-11-13-15-17-19-20-21-22-23-24-25-26-27-28-29-30-31-32-33-34-35-36-37-38-39-40-41-42-43-44-46-48-50-52-54-56-58-60-66(74)71-63(62-78-70-69(77)68(76)67(75)65(61-72)79-70)64(73)59-57-55-53-51-49-47-45-18-16-14-12-10-8-6-4-2/h5,7,11,13,17,19,21-22,24-25,63-65,67-70,72-73,75-77H,3-4,6,8-10,12,14-16,18,20,23,26-62H2,1-2H3,(H,71,74)/b7-5-,13-11-,19-17-,22-21-,25-24-. The molecule has 1 fully saturated rings. The van der Waals surface area contributed by atoms with Gasteiger partial charge in [0.25, 0.3) is 0 Å². The van der Waals surface area contributed by atoms with E-state index in [4.69, 9.17) is 9.47 Å². The van der Waals surface area contributed by atoms with Gasteiger partial charge in [0.2, 0.25) is 5.91 Å². The van der Waals surface area contributed by atoms with E-state index in [0.717, 1.165) is 70.6 Å². The van der Waals surface area contributed by atoms with Crippen molar-refractivity contribution in [2.24, 2.45) is 0 Å². The fraction of sp³-hybridized carbons (Fsp3) is 0.843. The Morgan fingerprint density at radius 1 is 0.443 bits per heavy atom. The van der Waals surface area contributed by atoms with Gasteiger partial charge in [0.05, 0.1) is 25.4 Å². The smallest absolute Gasteiger partial charge is 0.220 e. The number of carbonyl (C=O) groups is 1.